The fourth-order valence-corrected chi connectivity index (χ4v) is 2.38. The van der Waals surface area contributed by atoms with Crippen LogP contribution in [-0.4, -0.2) is 45.9 Å². The summed E-state index contributed by atoms with van der Waals surface area (Å²) in [5.41, 5.74) is 2.14. The molecule has 0 fully saturated rings. The van der Waals surface area contributed by atoms with Crippen molar-refractivity contribution in [1.29, 1.82) is 0 Å². The summed E-state index contributed by atoms with van der Waals surface area (Å²) in [7, 11) is 1.27. The Morgan fingerprint density at radius 1 is 1.08 bits per heavy atom. The van der Waals surface area contributed by atoms with Gasteiger partial charge in [0.2, 0.25) is 5.78 Å². The number of esters is 2. The first-order chi connectivity index (χ1) is 11.8. The lowest BCUT2D eigenvalue weighted by Gasteiger charge is -2.11. The van der Waals surface area contributed by atoms with Crippen molar-refractivity contribution < 1.29 is 23.9 Å². The number of rotatable bonds is 5. The second kappa shape index (κ2) is 7.25. The SMILES string of the molecule is COC(=O)c1c(C)[nH]c(C(=O)[C@@H](C)OC(=O)c2cnc(C)cn2)c1C. The number of aromatic amines is 1. The van der Waals surface area contributed by atoms with Crippen LogP contribution in [-0.2, 0) is 9.47 Å². The zero-order valence-electron chi connectivity index (χ0n) is 14.7. The molecule has 0 unspecified atom stereocenters. The highest BCUT2D eigenvalue weighted by molar-refractivity contribution is 6.04. The summed E-state index contributed by atoms with van der Waals surface area (Å²) in [6, 6.07) is 0. The van der Waals surface area contributed by atoms with Gasteiger partial charge in [-0.25, -0.2) is 14.6 Å². The van der Waals surface area contributed by atoms with E-state index in [1.165, 1.54) is 26.4 Å². The van der Waals surface area contributed by atoms with Crippen molar-refractivity contribution in [2.75, 3.05) is 7.11 Å². The molecule has 2 heterocycles. The Balaban J connectivity index is 2.19. The van der Waals surface area contributed by atoms with E-state index in [1.807, 2.05) is 0 Å². The van der Waals surface area contributed by atoms with E-state index in [4.69, 9.17) is 9.47 Å². The van der Waals surface area contributed by atoms with E-state index < -0.39 is 23.8 Å². The molecule has 0 amide bonds. The first-order valence-corrected chi connectivity index (χ1v) is 7.57. The summed E-state index contributed by atoms with van der Waals surface area (Å²) >= 11 is 0. The molecule has 8 heteroatoms. The highest BCUT2D eigenvalue weighted by Crippen LogP contribution is 2.21. The summed E-state index contributed by atoms with van der Waals surface area (Å²) < 4.78 is 9.87. The molecule has 0 radical (unpaired) electrons. The van der Waals surface area contributed by atoms with E-state index in [-0.39, 0.29) is 11.4 Å². The predicted molar refractivity (Wildman–Crippen MR) is 87.6 cm³/mol. The summed E-state index contributed by atoms with van der Waals surface area (Å²) in [5.74, 6) is -1.74. The molecule has 1 N–H and O–H groups in total. The Morgan fingerprint density at radius 2 is 1.76 bits per heavy atom. The number of H-pyrrole nitrogens is 1. The Kier molecular flexibility index (Phi) is 5.31. The van der Waals surface area contributed by atoms with E-state index in [1.54, 1.807) is 20.8 Å². The molecule has 0 aliphatic heterocycles. The molecule has 0 bridgehead atoms. The van der Waals surface area contributed by atoms with Crippen LogP contribution < -0.4 is 0 Å². The summed E-state index contributed by atoms with van der Waals surface area (Å²) in [6.07, 6.45) is 1.66. The lowest BCUT2D eigenvalue weighted by atomic mass is 10.1. The molecule has 0 saturated carbocycles. The minimum atomic E-state index is -1.06. The maximum absolute atomic E-state index is 12.6. The Hall–Kier alpha value is -3.03. The van der Waals surface area contributed by atoms with Crippen LogP contribution in [0.1, 0.15) is 55.2 Å². The molecule has 8 nitrogen and oxygen atoms in total. The maximum Gasteiger partial charge on any atom is 0.359 e. The van der Waals surface area contributed by atoms with E-state index in [0.29, 0.717) is 22.5 Å². The molecule has 0 aliphatic carbocycles. The van der Waals surface area contributed by atoms with Gasteiger partial charge in [-0.05, 0) is 33.3 Å². The van der Waals surface area contributed by atoms with Gasteiger partial charge < -0.3 is 14.5 Å². The molecule has 132 valence electrons. The minimum absolute atomic E-state index is 0.0138. The van der Waals surface area contributed by atoms with Gasteiger partial charge in [0.25, 0.3) is 0 Å². The van der Waals surface area contributed by atoms with Gasteiger partial charge in [0.05, 0.1) is 30.3 Å². The predicted octanol–water partition coefficient (Wildman–Crippen LogP) is 1.94. The van der Waals surface area contributed by atoms with Crippen molar-refractivity contribution in [2.24, 2.45) is 0 Å². The van der Waals surface area contributed by atoms with Gasteiger partial charge in [-0.1, -0.05) is 0 Å². The van der Waals surface area contributed by atoms with Gasteiger partial charge in [0, 0.05) is 11.9 Å². The minimum Gasteiger partial charge on any atom is -0.465 e. The number of methoxy groups -OCH3 is 1. The highest BCUT2D eigenvalue weighted by atomic mass is 16.5. The monoisotopic (exact) mass is 345 g/mol. The molecular formula is C17H19N3O5. The lowest BCUT2D eigenvalue weighted by Crippen LogP contribution is -2.26. The molecule has 0 spiro atoms. The molecule has 0 aliphatic rings. The number of aromatic nitrogens is 3. The van der Waals surface area contributed by atoms with E-state index in [9.17, 15) is 14.4 Å². The number of aryl methyl sites for hydroxylation is 2. The van der Waals surface area contributed by atoms with Crippen LogP contribution in [0.15, 0.2) is 12.4 Å². The molecule has 2 aromatic heterocycles. The van der Waals surface area contributed by atoms with Crippen LogP contribution in [0.5, 0.6) is 0 Å². The number of nitrogens with zero attached hydrogens (tertiary/aromatic N) is 2. The molecular weight excluding hydrogens is 326 g/mol. The van der Waals surface area contributed by atoms with Gasteiger partial charge in [-0.2, -0.15) is 0 Å². The topological polar surface area (TPSA) is 111 Å². The van der Waals surface area contributed by atoms with Crippen molar-refractivity contribution >= 4 is 17.7 Å². The van der Waals surface area contributed by atoms with Crippen molar-refractivity contribution in [1.82, 2.24) is 15.0 Å². The van der Waals surface area contributed by atoms with Crippen LogP contribution in [0.25, 0.3) is 0 Å². The summed E-state index contributed by atoms with van der Waals surface area (Å²) in [4.78, 5) is 47.2. The van der Waals surface area contributed by atoms with Crippen molar-refractivity contribution in [2.45, 2.75) is 33.8 Å². The van der Waals surface area contributed by atoms with Gasteiger partial charge in [0.1, 0.15) is 0 Å². The first kappa shape index (κ1) is 18.3. The third-order valence-corrected chi connectivity index (χ3v) is 3.72. The number of nitrogens with one attached hydrogen (secondary N) is 1. The molecule has 1 atom stereocenters. The van der Waals surface area contributed by atoms with Crippen LogP contribution in [0.3, 0.4) is 0 Å². The number of Topliss-reactive ketones (excluding diaryl/α,β-unsaturated/α-hetero) is 1. The average molecular weight is 345 g/mol. The van der Waals surface area contributed by atoms with Gasteiger partial charge in [-0.15, -0.1) is 0 Å². The Bertz CT molecular complexity index is 824. The number of ketones is 1. The van der Waals surface area contributed by atoms with E-state index >= 15 is 0 Å². The number of carbonyl (C=O) groups is 3. The fourth-order valence-electron chi connectivity index (χ4n) is 2.38. The van der Waals surface area contributed by atoms with Crippen LogP contribution >= 0.6 is 0 Å². The highest BCUT2D eigenvalue weighted by Gasteiger charge is 2.27. The zero-order chi connectivity index (χ0) is 18.7. The number of hydrogen-bond donors (Lipinski definition) is 1. The Morgan fingerprint density at radius 3 is 2.32 bits per heavy atom. The van der Waals surface area contributed by atoms with Crippen molar-refractivity contribution in [3.8, 4) is 0 Å². The third kappa shape index (κ3) is 3.73. The largest absolute Gasteiger partial charge is 0.465 e. The van der Waals surface area contributed by atoms with Gasteiger partial charge >= 0.3 is 11.9 Å². The standard InChI is InChI=1S/C17H19N3O5/c1-8-6-19-12(7-18-8)16(22)25-11(4)15(21)14-9(2)13(10(3)20-14)17(23)24-5/h6-7,11,20H,1-5H3/t11-/m1/s1. The molecule has 0 aromatic carbocycles. The second-order valence-corrected chi connectivity index (χ2v) is 5.57. The quantitative estimate of drug-likeness (QED) is 0.651. The second-order valence-electron chi connectivity index (χ2n) is 5.57. The van der Waals surface area contributed by atoms with Gasteiger partial charge in [-0.3, -0.25) is 9.78 Å². The normalized spacial score (nSPS) is 11.7. The summed E-state index contributed by atoms with van der Waals surface area (Å²) in [6.45, 7) is 6.48. The number of ether oxygens (including phenoxy) is 2. The number of hydrogen-bond acceptors (Lipinski definition) is 7. The van der Waals surface area contributed by atoms with Gasteiger partial charge in [0.15, 0.2) is 11.8 Å². The van der Waals surface area contributed by atoms with E-state index in [2.05, 4.69) is 15.0 Å². The molecule has 25 heavy (non-hydrogen) atoms. The fraction of sp³-hybridized carbons (Fsp3) is 0.353. The molecule has 2 rings (SSSR count). The van der Waals surface area contributed by atoms with Crippen LogP contribution in [0, 0.1) is 20.8 Å². The van der Waals surface area contributed by atoms with Crippen molar-refractivity contribution in [3.05, 3.63) is 46.3 Å². The zero-order valence-corrected chi connectivity index (χ0v) is 14.7. The van der Waals surface area contributed by atoms with Crippen LogP contribution in [0.4, 0.5) is 0 Å². The number of carbonyl (C=O) groups excluding carboxylic acids is 3. The van der Waals surface area contributed by atoms with Crippen molar-refractivity contribution in [3.63, 3.8) is 0 Å². The lowest BCUT2D eigenvalue weighted by molar-refractivity contribution is 0.0310. The smallest absolute Gasteiger partial charge is 0.359 e. The summed E-state index contributed by atoms with van der Waals surface area (Å²) in [5, 5.41) is 0. The molecule has 0 saturated heterocycles. The Labute approximate surface area is 144 Å². The molecule has 2 aromatic rings. The van der Waals surface area contributed by atoms with Crippen LogP contribution in [0.2, 0.25) is 0 Å². The average Bonchev–Trinajstić information content (AvgIpc) is 2.88. The van der Waals surface area contributed by atoms with E-state index in [0.717, 1.165) is 0 Å². The third-order valence-electron chi connectivity index (χ3n) is 3.72. The maximum atomic E-state index is 12.6. The first-order valence-electron chi connectivity index (χ1n) is 7.57.